The van der Waals surface area contributed by atoms with Crippen molar-refractivity contribution in [1.29, 1.82) is 0 Å². The number of rotatable bonds is 4. The Morgan fingerprint density at radius 1 is 1.12 bits per heavy atom. The Kier molecular flexibility index (Phi) is 5.69. The van der Waals surface area contributed by atoms with E-state index in [0.29, 0.717) is 23.0 Å². The molecular formula is C24H24ClN5OS. The average Bonchev–Trinajstić information content (AvgIpc) is 3.37. The maximum Gasteiger partial charge on any atom is 0.274 e. The van der Waals surface area contributed by atoms with Crippen LogP contribution in [-0.4, -0.2) is 42.7 Å². The first kappa shape index (κ1) is 21.1. The van der Waals surface area contributed by atoms with E-state index in [-0.39, 0.29) is 11.9 Å². The highest BCUT2D eigenvalue weighted by Crippen LogP contribution is 2.32. The Hall–Kier alpha value is -2.77. The number of hydrogen-bond donors (Lipinski definition) is 0. The molecule has 1 saturated heterocycles. The SMILES string of the molecule is Cc1nc(C(=O)N2CCCC[C@H]2Cc2cn3cc(C)c(Cl)nc3n2)c(-c2ccccc2)s1. The first-order valence-corrected chi connectivity index (χ1v) is 12.0. The molecule has 164 valence electrons. The summed E-state index contributed by atoms with van der Waals surface area (Å²) < 4.78 is 1.91. The molecule has 1 aliphatic rings. The van der Waals surface area contributed by atoms with Crippen LogP contribution in [0.1, 0.15) is 46.0 Å². The van der Waals surface area contributed by atoms with E-state index in [1.807, 2.05) is 65.9 Å². The molecule has 0 saturated carbocycles. The Morgan fingerprint density at radius 3 is 2.75 bits per heavy atom. The standard InChI is InChI=1S/C24H24ClN5OS/c1-15-13-29-14-18(27-24(29)28-22(15)25)12-19-10-6-7-11-30(19)23(31)20-21(32-16(2)26-20)17-8-4-3-5-9-17/h3-5,8-9,13-14,19H,6-7,10-12H2,1-2H3/t19-/m0/s1. The molecule has 0 bridgehead atoms. The average molecular weight is 466 g/mol. The first-order valence-electron chi connectivity index (χ1n) is 10.8. The monoisotopic (exact) mass is 465 g/mol. The highest BCUT2D eigenvalue weighted by atomic mass is 35.5. The lowest BCUT2D eigenvalue weighted by atomic mass is 9.97. The summed E-state index contributed by atoms with van der Waals surface area (Å²) in [6.07, 6.45) is 7.69. The van der Waals surface area contributed by atoms with E-state index in [1.54, 1.807) is 11.3 Å². The molecule has 0 N–H and O–H groups in total. The Balaban J connectivity index is 1.44. The topological polar surface area (TPSA) is 63.4 Å². The van der Waals surface area contributed by atoms with Gasteiger partial charge in [0.2, 0.25) is 5.78 Å². The fraction of sp³-hybridized carbons (Fsp3) is 0.333. The van der Waals surface area contributed by atoms with Crippen molar-refractivity contribution in [3.8, 4) is 10.4 Å². The van der Waals surface area contributed by atoms with Gasteiger partial charge in [-0.3, -0.25) is 9.20 Å². The van der Waals surface area contributed by atoms with Crippen LogP contribution < -0.4 is 0 Å². The van der Waals surface area contributed by atoms with E-state index >= 15 is 0 Å². The predicted octanol–water partition coefficient (Wildman–Crippen LogP) is 5.36. The minimum Gasteiger partial charge on any atom is -0.334 e. The number of carbonyl (C=O) groups excluding carboxylic acids is 1. The third-order valence-corrected chi connectivity index (χ3v) is 7.33. The Bertz CT molecular complexity index is 1240. The number of carbonyl (C=O) groups is 1. The minimum atomic E-state index is 0.0127. The van der Waals surface area contributed by atoms with Crippen molar-refractivity contribution in [2.45, 2.75) is 45.6 Å². The summed E-state index contributed by atoms with van der Waals surface area (Å²) in [5, 5.41) is 1.37. The number of imidazole rings is 1. The number of fused-ring (bicyclic) bond motifs is 1. The molecule has 1 aliphatic heterocycles. The molecule has 32 heavy (non-hydrogen) atoms. The van der Waals surface area contributed by atoms with E-state index in [0.717, 1.165) is 52.5 Å². The summed E-state index contributed by atoms with van der Waals surface area (Å²) in [7, 11) is 0. The van der Waals surface area contributed by atoms with Crippen LogP contribution in [0.4, 0.5) is 0 Å². The maximum atomic E-state index is 13.7. The van der Waals surface area contributed by atoms with Crippen molar-refractivity contribution in [1.82, 2.24) is 24.3 Å². The second-order valence-electron chi connectivity index (χ2n) is 8.28. The third kappa shape index (κ3) is 4.02. The van der Waals surface area contributed by atoms with Crippen LogP contribution in [0.5, 0.6) is 0 Å². The van der Waals surface area contributed by atoms with E-state index in [1.165, 1.54) is 0 Å². The van der Waals surface area contributed by atoms with Crippen molar-refractivity contribution >= 4 is 34.6 Å². The summed E-state index contributed by atoms with van der Waals surface area (Å²) in [4.78, 5) is 30.3. The summed E-state index contributed by atoms with van der Waals surface area (Å²) in [5.74, 6) is 0.601. The fourth-order valence-electron chi connectivity index (χ4n) is 4.36. The zero-order valence-electron chi connectivity index (χ0n) is 18.1. The quantitative estimate of drug-likeness (QED) is 0.380. The van der Waals surface area contributed by atoms with Crippen molar-refractivity contribution in [3.05, 3.63) is 69.8 Å². The number of amides is 1. The number of thiazole rings is 1. The largest absolute Gasteiger partial charge is 0.334 e. The molecule has 3 aromatic heterocycles. The molecule has 0 unspecified atom stereocenters. The van der Waals surface area contributed by atoms with Gasteiger partial charge in [0.1, 0.15) is 10.8 Å². The normalized spacial score (nSPS) is 16.6. The number of hydrogen-bond acceptors (Lipinski definition) is 5. The molecule has 1 amide bonds. The lowest BCUT2D eigenvalue weighted by Gasteiger charge is -2.35. The molecule has 8 heteroatoms. The van der Waals surface area contributed by atoms with Gasteiger partial charge in [0.05, 0.1) is 15.6 Å². The van der Waals surface area contributed by atoms with Gasteiger partial charge in [-0.1, -0.05) is 41.9 Å². The molecule has 0 spiro atoms. The van der Waals surface area contributed by atoms with Gasteiger partial charge in [-0.2, -0.15) is 0 Å². The predicted molar refractivity (Wildman–Crippen MR) is 127 cm³/mol. The van der Waals surface area contributed by atoms with Crippen LogP contribution in [0.2, 0.25) is 5.15 Å². The third-order valence-electron chi connectivity index (χ3n) is 5.92. The second-order valence-corrected chi connectivity index (χ2v) is 9.84. The molecule has 4 heterocycles. The van der Waals surface area contributed by atoms with E-state index in [2.05, 4.69) is 15.0 Å². The van der Waals surface area contributed by atoms with Gasteiger partial charge in [-0.25, -0.2) is 15.0 Å². The van der Waals surface area contributed by atoms with Gasteiger partial charge < -0.3 is 4.90 Å². The highest BCUT2D eigenvalue weighted by molar-refractivity contribution is 7.15. The fourth-order valence-corrected chi connectivity index (χ4v) is 5.40. The van der Waals surface area contributed by atoms with Crippen LogP contribution in [0.25, 0.3) is 16.2 Å². The number of benzene rings is 1. The summed E-state index contributed by atoms with van der Waals surface area (Å²) in [5.41, 5.74) is 3.42. The first-order chi connectivity index (χ1) is 15.5. The van der Waals surface area contributed by atoms with Crippen LogP contribution >= 0.6 is 22.9 Å². The number of nitrogens with zero attached hydrogens (tertiary/aromatic N) is 5. The zero-order valence-corrected chi connectivity index (χ0v) is 19.7. The zero-order chi connectivity index (χ0) is 22.2. The van der Waals surface area contributed by atoms with Gasteiger partial charge >= 0.3 is 0 Å². The molecule has 5 rings (SSSR count). The van der Waals surface area contributed by atoms with Crippen molar-refractivity contribution in [3.63, 3.8) is 0 Å². The van der Waals surface area contributed by atoms with Gasteiger partial charge in [-0.05, 0) is 38.7 Å². The van der Waals surface area contributed by atoms with Gasteiger partial charge in [0.25, 0.3) is 5.91 Å². The molecule has 1 atom stereocenters. The van der Waals surface area contributed by atoms with Gasteiger partial charge in [0.15, 0.2) is 0 Å². The lowest BCUT2D eigenvalue weighted by molar-refractivity contribution is 0.0608. The van der Waals surface area contributed by atoms with Crippen LogP contribution in [0.3, 0.4) is 0 Å². The number of aryl methyl sites for hydroxylation is 2. The van der Waals surface area contributed by atoms with Crippen molar-refractivity contribution < 1.29 is 4.79 Å². The Labute approximate surface area is 195 Å². The number of halogens is 1. The minimum absolute atomic E-state index is 0.0127. The van der Waals surface area contributed by atoms with E-state index < -0.39 is 0 Å². The van der Waals surface area contributed by atoms with Crippen LogP contribution in [0, 0.1) is 13.8 Å². The number of aromatic nitrogens is 4. The van der Waals surface area contributed by atoms with Gasteiger partial charge in [0, 0.05) is 37.0 Å². The highest BCUT2D eigenvalue weighted by Gasteiger charge is 2.31. The summed E-state index contributed by atoms with van der Waals surface area (Å²) in [6.45, 7) is 4.62. The molecule has 6 nitrogen and oxygen atoms in total. The molecule has 1 fully saturated rings. The van der Waals surface area contributed by atoms with Gasteiger partial charge in [-0.15, -0.1) is 11.3 Å². The maximum absolute atomic E-state index is 13.7. The van der Waals surface area contributed by atoms with Crippen LogP contribution in [-0.2, 0) is 6.42 Å². The second kappa shape index (κ2) is 8.64. The number of piperidine rings is 1. The lowest BCUT2D eigenvalue weighted by Crippen LogP contribution is -2.45. The Morgan fingerprint density at radius 2 is 1.94 bits per heavy atom. The van der Waals surface area contributed by atoms with E-state index in [4.69, 9.17) is 11.6 Å². The molecule has 0 radical (unpaired) electrons. The molecule has 0 aliphatic carbocycles. The molecular weight excluding hydrogens is 442 g/mol. The number of likely N-dealkylation sites (tertiary alicyclic amines) is 1. The van der Waals surface area contributed by atoms with Crippen LogP contribution in [0.15, 0.2) is 42.7 Å². The molecule has 4 aromatic rings. The molecule has 1 aromatic carbocycles. The summed E-state index contributed by atoms with van der Waals surface area (Å²) >= 11 is 7.74. The van der Waals surface area contributed by atoms with Crippen molar-refractivity contribution in [2.75, 3.05) is 6.54 Å². The van der Waals surface area contributed by atoms with E-state index in [9.17, 15) is 4.79 Å². The van der Waals surface area contributed by atoms with Crippen molar-refractivity contribution in [2.24, 2.45) is 0 Å². The summed E-state index contributed by atoms with van der Waals surface area (Å²) in [6, 6.07) is 10.1. The smallest absolute Gasteiger partial charge is 0.274 e.